The van der Waals surface area contributed by atoms with Crippen molar-refractivity contribution in [3.05, 3.63) is 58.9 Å². The number of aromatic hydroxyl groups is 1. The molecule has 37 heavy (non-hydrogen) atoms. The molecule has 0 radical (unpaired) electrons. The number of fused-ring (bicyclic) bond motifs is 3. The molecule has 0 aliphatic heterocycles. The van der Waals surface area contributed by atoms with Gasteiger partial charge in [-0.2, -0.15) is 0 Å². The number of halogens is 1. The molecule has 0 atom stereocenters. The summed E-state index contributed by atoms with van der Waals surface area (Å²) in [5.74, 6) is 1.45. The predicted octanol–water partition coefficient (Wildman–Crippen LogP) is 4.49. The number of nitrogen functional groups attached to an aromatic ring is 1. The van der Waals surface area contributed by atoms with Crippen LogP contribution in [0.1, 0.15) is 42.3 Å². The van der Waals surface area contributed by atoms with E-state index in [9.17, 15) is 9.90 Å². The van der Waals surface area contributed by atoms with Gasteiger partial charge in [0.25, 0.3) is 0 Å². The van der Waals surface area contributed by atoms with Gasteiger partial charge in [0, 0.05) is 24.9 Å². The molecule has 4 rings (SSSR count). The van der Waals surface area contributed by atoms with Gasteiger partial charge in [-0.15, -0.1) is 11.6 Å². The first-order chi connectivity index (χ1) is 17.9. The minimum atomic E-state index is -0.201. The summed E-state index contributed by atoms with van der Waals surface area (Å²) in [4.78, 5) is 20.8. The van der Waals surface area contributed by atoms with Crippen LogP contribution in [0.25, 0.3) is 21.9 Å². The number of aryl methyl sites for hydroxylation is 2. The second-order valence-corrected chi connectivity index (χ2v) is 9.50. The highest BCUT2D eigenvalue weighted by atomic mass is 35.5. The standard InChI is InChI=1S/C28H34ClN5O3/c1-3-4-5-24-33-26-27(34(24)17-20-7-9-23(35)18(2)14-20)21-8-6-19(15-22(21)32-28(26)30)10-12-37-13-11-31-25(36)16-29/h6-9,14-15,35H,3-5,10-13,16-17H2,1-2H3,(H2,30,32)(H,31,36). The number of carbonyl (C=O) groups excluding carboxylic acids is 1. The minimum absolute atomic E-state index is 0.0476. The molecule has 0 aliphatic carbocycles. The summed E-state index contributed by atoms with van der Waals surface area (Å²) in [5.41, 5.74) is 12.0. The molecule has 2 aromatic heterocycles. The van der Waals surface area contributed by atoms with E-state index in [1.54, 1.807) is 6.07 Å². The first-order valence-corrected chi connectivity index (χ1v) is 13.2. The zero-order valence-electron chi connectivity index (χ0n) is 21.4. The number of carbonyl (C=O) groups is 1. The van der Waals surface area contributed by atoms with Crippen LogP contribution in [0.5, 0.6) is 5.75 Å². The largest absolute Gasteiger partial charge is 0.508 e. The van der Waals surface area contributed by atoms with Gasteiger partial charge in [-0.1, -0.05) is 37.6 Å². The topological polar surface area (TPSA) is 115 Å². The number of ether oxygens (including phenoxy) is 1. The number of hydrogen-bond acceptors (Lipinski definition) is 6. The number of unbranched alkanes of at least 4 members (excludes halogenated alkanes) is 1. The van der Waals surface area contributed by atoms with Crippen LogP contribution in [0.3, 0.4) is 0 Å². The number of pyridine rings is 1. The van der Waals surface area contributed by atoms with Crippen molar-refractivity contribution in [2.24, 2.45) is 0 Å². The maximum Gasteiger partial charge on any atom is 0.235 e. The number of nitrogens with one attached hydrogen (secondary N) is 1. The van der Waals surface area contributed by atoms with E-state index in [1.807, 2.05) is 19.1 Å². The number of nitrogens with two attached hydrogens (primary N) is 1. The molecular weight excluding hydrogens is 490 g/mol. The van der Waals surface area contributed by atoms with E-state index in [0.717, 1.165) is 63.7 Å². The molecule has 9 heteroatoms. The fraction of sp³-hybridized carbons (Fsp3) is 0.393. The monoisotopic (exact) mass is 523 g/mol. The van der Waals surface area contributed by atoms with Crippen LogP contribution in [0, 0.1) is 6.92 Å². The summed E-state index contributed by atoms with van der Waals surface area (Å²) in [6, 6.07) is 11.9. The van der Waals surface area contributed by atoms with Crippen molar-refractivity contribution >= 4 is 45.3 Å². The molecule has 2 aromatic carbocycles. The van der Waals surface area contributed by atoms with Crippen molar-refractivity contribution < 1.29 is 14.6 Å². The number of phenolic OH excluding ortho intramolecular Hbond substituents is 1. The average molecular weight is 524 g/mol. The van der Waals surface area contributed by atoms with E-state index < -0.39 is 0 Å². The summed E-state index contributed by atoms with van der Waals surface area (Å²) in [6.45, 7) is 6.09. The van der Waals surface area contributed by atoms with Crippen molar-refractivity contribution in [1.29, 1.82) is 0 Å². The highest BCUT2D eigenvalue weighted by Gasteiger charge is 2.18. The fourth-order valence-corrected chi connectivity index (χ4v) is 4.55. The molecule has 0 saturated carbocycles. The Labute approximate surface area is 221 Å². The van der Waals surface area contributed by atoms with Crippen LogP contribution in [-0.2, 0) is 28.9 Å². The zero-order chi connectivity index (χ0) is 26.4. The first kappa shape index (κ1) is 26.7. The number of anilines is 1. The smallest absolute Gasteiger partial charge is 0.235 e. The third-order valence-corrected chi connectivity index (χ3v) is 6.67. The Hall–Kier alpha value is -3.36. The quantitative estimate of drug-likeness (QED) is 0.186. The molecule has 2 heterocycles. The van der Waals surface area contributed by atoms with E-state index in [4.69, 9.17) is 27.1 Å². The third kappa shape index (κ3) is 6.32. The molecular formula is C28H34ClN5O3. The van der Waals surface area contributed by atoms with Gasteiger partial charge in [0.15, 0.2) is 5.82 Å². The number of nitrogens with zero attached hydrogens (tertiary/aromatic N) is 3. The number of phenols is 1. The molecule has 0 saturated heterocycles. The Kier molecular flexibility index (Phi) is 8.84. The molecule has 196 valence electrons. The van der Waals surface area contributed by atoms with Crippen molar-refractivity contribution in [2.45, 2.75) is 46.1 Å². The predicted molar refractivity (Wildman–Crippen MR) is 148 cm³/mol. The van der Waals surface area contributed by atoms with Crippen molar-refractivity contribution in [3.63, 3.8) is 0 Å². The number of amides is 1. The molecule has 0 spiro atoms. The summed E-state index contributed by atoms with van der Waals surface area (Å²) >= 11 is 5.47. The van der Waals surface area contributed by atoms with Gasteiger partial charge in [-0.3, -0.25) is 4.79 Å². The number of benzene rings is 2. The van der Waals surface area contributed by atoms with Crippen LogP contribution in [0.4, 0.5) is 5.82 Å². The van der Waals surface area contributed by atoms with Gasteiger partial charge < -0.3 is 25.5 Å². The average Bonchev–Trinajstić information content (AvgIpc) is 3.25. The van der Waals surface area contributed by atoms with Crippen LogP contribution < -0.4 is 11.1 Å². The Balaban J connectivity index is 1.62. The van der Waals surface area contributed by atoms with Gasteiger partial charge in [0.05, 0.1) is 24.2 Å². The van der Waals surface area contributed by atoms with Crippen molar-refractivity contribution in [1.82, 2.24) is 19.9 Å². The van der Waals surface area contributed by atoms with Crippen LogP contribution in [0.15, 0.2) is 36.4 Å². The molecule has 0 unspecified atom stereocenters. The number of alkyl halides is 1. The first-order valence-electron chi connectivity index (χ1n) is 12.7. The molecule has 1 amide bonds. The SMILES string of the molecule is CCCCc1nc2c(N)nc3cc(CCOCCNC(=O)CCl)ccc3c2n1Cc1ccc(O)c(C)c1. The Morgan fingerprint density at radius 3 is 2.70 bits per heavy atom. The summed E-state index contributed by atoms with van der Waals surface area (Å²) in [5, 5.41) is 13.7. The van der Waals surface area contributed by atoms with Gasteiger partial charge in [-0.25, -0.2) is 9.97 Å². The van der Waals surface area contributed by atoms with E-state index >= 15 is 0 Å². The molecule has 4 N–H and O–H groups in total. The highest BCUT2D eigenvalue weighted by molar-refractivity contribution is 6.27. The summed E-state index contributed by atoms with van der Waals surface area (Å²) < 4.78 is 7.89. The van der Waals surface area contributed by atoms with E-state index in [-0.39, 0.29) is 11.8 Å². The number of hydrogen-bond donors (Lipinski definition) is 3. The molecule has 8 nitrogen and oxygen atoms in total. The fourth-order valence-electron chi connectivity index (χ4n) is 4.46. The second kappa shape index (κ2) is 12.3. The van der Waals surface area contributed by atoms with Gasteiger partial charge in [0.1, 0.15) is 23.0 Å². The van der Waals surface area contributed by atoms with Crippen molar-refractivity contribution in [2.75, 3.05) is 31.4 Å². The second-order valence-electron chi connectivity index (χ2n) is 9.23. The Morgan fingerprint density at radius 2 is 1.95 bits per heavy atom. The lowest BCUT2D eigenvalue weighted by molar-refractivity contribution is -0.118. The Bertz CT molecular complexity index is 1400. The number of imidazole rings is 1. The number of aromatic nitrogens is 3. The lowest BCUT2D eigenvalue weighted by Gasteiger charge is -2.13. The van der Waals surface area contributed by atoms with Crippen LogP contribution in [-0.4, -0.2) is 51.2 Å². The highest BCUT2D eigenvalue weighted by Crippen LogP contribution is 2.31. The molecule has 0 fully saturated rings. The molecule has 0 aliphatic rings. The van der Waals surface area contributed by atoms with Crippen LogP contribution >= 0.6 is 11.6 Å². The van der Waals surface area contributed by atoms with E-state index in [0.29, 0.717) is 44.3 Å². The minimum Gasteiger partial charge on any atom is -0.508 e. The maximum absolute atomic E-state index is 11.2. The lowest BCUT2D eigenvalue weighted by atomic mass is 10.1. The van der Waals surface area contributed by atoms with E-state index in [1.165, 1.54) is 0 Å². The third-order valence-electron chi connectivity index (χ3n) is 6.43. The van der Waals surface area contributed by atoms with E-state index in [2.05, 4.69) is 40.0 Å². The zero-order valence-corrected chi connectivity index (χ0v) is 22.1. The molecule has 4 aromatic rings. The molecule has 0 bridgehead atoms. The maximum atomic E-state index is 11.2. The lowest BCUT2D eigenvalue weighted by Crippen LogP contribution is -2.28. The van der Waals surface area contributed by atoms with Crippen LogP contribution in [0.2, 0.25) is 0 Å². The Morgan fingerprint density at radius 1 is 1.14 bits per heavy atom. The summed E-state index contributed by atoms with van der Waals surface area (Å²) in [6.07, 6.45) is 3.67. The van der Waals surface area contributed by atoms with Gasteiger partial charge >= 0.3 is 0 Å². The normalized spacial score (nSPS) is 11.4. The summed E-state index contributed by atoms with van der Waals surface area (Å²) in [7, 11) is 0. The van der Waals surface area contributed by atoms with Gasteiger partial charge in [0.2, 0.25) is 5.91 Å². The van der Waals surface area contributed by atoms with Gasteiger partial charge in [-0.05, 0) is 48.6 Å². The van der Waals surface area contributed by atoms with Crippen molar-refractivity contribution in [3.8, 4) is 5.75 Å². The number of rotatable bonds is 12.